The van der Waals surface area contributed by atoms with Gasteiger partial charge in [0, 0.05) is 19.1 Å². The third kappa shape index (κ3) is 2.67. The summed E-state index contributed by atoms with van der Waals surface area (Å²) < 4.78 is 0. The largest absolute Gasteiger partial charge is 0.365 e. The maximum atomic E-state index is 5.55. The maximum absolute atomic E-state index is 5.55. The zero-order valence-electron chi connectivity index (χ0n) is 9.07. The second-order valence-corrected chi connectivity index (χ2v) is 3.56. The SMILES string of the molecule is Cc1ncc(N(CCN)C(C)C)cn1. The van der Waals surface area contributed by atoms with E-state index in [0.717, 1.165) is 18.1 Å². The fraction of sp³-hybridized carbons (Fsp3) is 0.600. The molecule has 0 saturated heterocycles. The van der Waals surface area contributed by atoms with Gasteiger partial charge in [0.25, 0.3) is 0 Å². The maximum Gasteiger partial charge on any atom is 0.125 e. The Morgan fingerprint density at radius 1 is 1.36 bits per heavy atom. The molecule has 0 amide bonds. The number of nitrogens with zero attached hydrogens (tertiary/aromatic N) is 3. The Morgan fingerprint density at radius 3 is 2.36 bits per heavy atom. The minimum atomic E-state index is 0.421. The Morgan fingerprint density at radius 2 is 1.93 bits per heavy atom. The molecule has 4 nitrogen and oxygen atoms in total. The molecule has 1 aromatic heterocycles. The second kappa shape index (κ2) is 4.91. The molecule has 78 valence electrons. The number of rotatable bonds is 4. The van der Waals surface area contributed by atoms with Crippen molar-refractivity contribution in [3.63, 3.8) is 0 Å². The predicted molar refractivity (Wildman–Crippen MR) is 58.3 cm³/mol. The van der Waals surface area contributed by atoms with Gasteiger partial charge in [0.15, 0.2) is 0 Å². The van der Waals surface area contributed by atoms with E-state index in [-0.39, 0.29) is 0 Å². The number of aryl methyl sites for hydroxylation is 1. The number of aromatic nitrogens is 2. The summed E-state index contributed by atoms with van der Waals surface area (Å²) in [6.45, 7) is 7.63. The summed E-state index contributed by atoms with van der Waals surface area (Å²) in [7, 11) is 0. The van der Waals surface area contributed by atoms with Crippen LogP contribution in [0.15, 0.2) is 12.4 Å². The van der Waals surface area contributed by atoms with E-state index in [4.69, 9.17) is 5.73 Å². The first kappa shape index (κ1) is 10.9. The number of anilines is 1. The lowest BCUT2D eigenvalue weighted by molar-refractivity contribution is 0.680. The Bertz CT molecular complexity index is 268. The highest BCUT2D eigenvalue weighted by atomic mass is 15.2. The summed E-state index contributed by atoms with van der Waals surface area (Å²) in [4.78, 5) is 10.5. The topological polar surface area (TPSA) is 55.0 Å². The number of nitrogens with two attached hydrogens (primary N) is 1. The van der Waals surface area contributed by atoms with Crippen molar-refractivity contribution in [2.24, 2.45) is 5.73 Å². The van der Waals surface area contributed by atoms with Crippen LogP contribution in [-0.4, -0.2) is 29.1 Å². The smallest absolute Gasteiger partial charge is 0.125 e. The summed E-state index contributed by atoms with van der Waals surface area (Å²) in [6.07, 6.45) is 3.69. The van der Waals surface area contributed by atoms with Crippen LogP contribution in [0.4, 0.5) is 5.69 Å². The molecule has 1 rings (SSSR count). The van der Waals surface area contributed by atoms with E-state index in [1.807, 2.05) is 19.3 Å². The van der Waals surface area contributed by atoms with E-state index in [2.05, 4.69) is 28.7 Å². The van der Waals surface area contributed by atoms with Crippen LogP contribution < -0.4 is 10.6 Å². The molecule has 0 aliphatic heterocycles. The molecule has 0 bridgehead atoms. The van der Waals surface area contributed by atoms with Crippen LogP contribution in [0, 0.1) is 6.92 Å². The molecule has 2 N–H and O–H groups in total. The van der Waals surface area contributed by atoms with Crippen LogP contribution >= 0.6 is 0 Å². The van der Waals surface area contributed by atoms with Crippen molar-refractivity contribution >= 4 is 5.69 Å². The molecule has 0 aromatic carbocycles. The number of hydrogen-bond donors (Lipinski definition) is 1. The highest BCUT2D eigenvalue weighted by molar-refractivity contribution is 5.42. The molecule has 14 heavy (non-hydrogen) atoms. The van der Waals surface area contributed by atoms with Gasteiger partial charge in [-0.05, 0) is 20.8 Å². The first-order valence-electron chi connectivity index (χ1n) is 4.90. The molecule has 0 aliphatic carbocycles. The van der Waals surface area contributed by atoms with Crippen molar-refractivity contribution in [3.8, 4) is 0 Å². The number of hydrogen-bond acceptors (Lipinski definition) is 4. The third-order valence-corrected chi connectivity index (χ3v) is 2.09. The molecule has 0 atom stereocenters. The highest BCUT2D eigenvalue weighted by Gasteiger charge is 2.09. The second-order valence-electron chi connectivity index (χ2n) is 3.56. The lowest BCUT2D eigenvalue weighted by atomic mass is 10.3. The summed E-state index contributed by atoms with van der Waals surface area (Å²) in [5.74, 6) is 0.796. The normalized spacial score (nSPS) is 10.6. The molecular formula is C10H18N4. The average Bonchev–Trinajstić information content (AvgIpc) is 2.15. The molecule has 0 aliphatic rings. The monoisotopic (exact) mass is 194 g/mol. The molecule has 0 fully saturated rings. The minimum absolute atomic E-state index is 0.421. The van der Waals surface area contributed by atoms with E-state index in [1.54, 1.807) is 0 Å². The lowest BCUT2D eigenvalue weighted by Gasteiger charge is -2.27. The minimum Gasteiger partial charge on any atom is -0.365 e. The summed E-state index contributed by atoms with van der Waals surface area (Å²) in [6, 6.07) is 0.421. The van der Waals surface area contributed by atoms with E-state index >= 15 is 0 Å². The van der Waals surface area contributed by atoms with Gasteiger partial charge in [-0.25, -0.2) is 9.97 Å². The zero-order valence-corrected chi connectivity index (χ0v) is 9.07. The highest BCUT2D eigenvalue weighted by Crippen LogP contribution is 2.13. The molecular weight excluding hydrogens is 176 g/mol. The predicted octanol–water partition coefficient (Wildman–Crippen LogP) is 0.959. The van der Waals surface area contributed by atoms with Gasteiger partial charge in [-0.3, -0.25) is 0 Å². The zero-order chi connectivity index (χ0) is 10.6. The Kier molecular flexibility index (Phi) is 3.83. The van der Waals surface area contributed by atoms with Crippen molar-refractivity contribution in [2.75, 3.05) is 18.0 Å². The van der Waals surface area contributed by atoms with Crippen LogP contribution in [0.5, 0.6) is 0 Å². The van der Waals surface area contributed by atoms with Gasteiger partial charge in [-0.1, -0.05) is 0 Å². The third-order valence-electron chi connectivity index (χ3n) is 2.09. The van der Waals surface area contributed by atoms with Gasteiger partial charge in [-0.2, -0.15) is 0 Å². The van der Waals surface area contributed by atoms with Crippen LogP contribution in [0.1, 0.15) is 19.7 Å². The molecule has 1 aromatic rings. The van der Waals surface area contributed by atoms with Gasteiger partial charge in [0.05, 0.1) is 18.1 Å². The Hall–Kier alpha value is -1.16. The van der Waals surface area contributed by atoms with Gasteiger partial charge >= 0.3 is 0 Å². The van der Waals surface area contributed by atoms with E-state index in [0.29, 0.717) is 12.6 Å². The standard InChI is InChI=1S/C10H18N4/c1-8(2)14(5-4-11)10-6-12-9(3)13-7-10/h6-8H,4-5,11H2,1-3H3. The first-order valence-corrected chi connectivity index (χ1v) is 4.90. The summed E-state index contributed by atoms with van der Waals surface area (Å²) in [5.41, 5.74) is 6.59. The molecule has 0 saturated carbocycles. The van der Waals surface area contributed by atoms with Crippen molar-refractivity contribution in [2.45, 2.75) is 26.8 Å². The molecule has 1 heterocycles. The van der Waals surface area contributed by atoms with Crippen molar-refractivity contribution in [1.82, 2.24) is 9.97 Å². The lowest BCUT2D eigenvalue weighted by Crippen LogP contribution is -2.35. The van der Waals surface area contributed by atoms with Crippen LogP contribution in [0.3, 0.4) is 0 Å². The van der Waals surface area contributed by atoms with Crippen molar-refractivity contribution in [3.05, 3.63) is 18.2 Å². The van der Waals surface area contributed by atoms with Crippen molar-refractivity contribution in [1.29, 1.82) is 0 Å². The average molecular weight is 194 g/mol. The molecule has 0 radical (unpaired) electrons. The Balaban J connectivity index is 2.82. The quantitative estimate of drug-likeness (QED) is 0.775. The fourth-order valence-corrected chi connectivity index (χ4v) is 1.36. The molecule has 0 spiro atoms. The Labute approximate surface area is 85.2 Å². The van der Waals surface area contributed by atoms with Gasteiger partial charge < -0.3 is 10.6 Å². The van der Waals surface area contributed by atoms with E-state index in [1.165, 1.54) is 0 Å². The molecule has 4 heteroatoms. The van der Waals surface area contributed by atoms with Crippen molar-refractivity contribution < 1.29 is 0 Å². The fourth-order valence-electron chi connectivity index (χ4n) is 1.36. The van der Waals surface area contributed by atoms with Gasteiger partial charge in [0.2, 0.25) is 0 Å². The van der Waals surface area contributed by atoms with Gasteiger partial charge in [0.1, 0.15) is 5.82 Å². The molecule has 0 unspecified atom stereocenters. The summed E-state index contributed by atoms with van der Waals surface area (Å²) in [5, 5.41) is 0. The van der Waals surface area contributed by atoms with Crippen LogP contribution in [-0.2, 0) is 0 Å². The van der Waals surface area contributed by atoms with Crippen LogP contribution in [0.25, 0.3) is 0 Å². The van der Waals surface area contributed by atoms with E-state index in [9.17, 15) is 0 Å². The van der Waals surface area contributed by atoms with E-state index < -0.39 is 0 Å². The van der Waals surface area contributed by atoms with Crippen LogP contribution in [0.2, 0.25) is 0 Å². The summed E-state index contributed by atoms with van der Waals surface area (Å²) >= 11 is 0. The first-order chi connectivity index (χ1) is 6.65. The van der Waals surface area contributed by atoms with Gasteiger partial charge in [-0.15, -0.1) is 0 Å².